The first-order valence-corrected chi connectivity index (χ1v) is 18.1. The van der Waals surface area contributed by atoms with Crippen LogP contribution in [0.5, 0.6) is 0 Å². The van der Waals surface area contributed by atoms with E-state index in [1.54, 1.807) is 30.9 Å². The number of hydrogen-bond donors (Lipinski definition) is 2. The smallest absolute Gasteiger partial charge is 0.310 e. The van der Waals surface area contributed by atoms with E-state index in [2.05, 4.69) is 10.3 Å². The molecule has 0 saturated carbocycles. The summed E-state index contributed by atoms with van der Waals surface area (Å²) >= 11 is 0. The second-order valence-corrected chi connectivity index (χ2v) is 16.6. The number of amidine groups is 1. The Morgan fingerprint density at radius 3 is 2.04 bits per heavy atom. The van der Waals surface area contributed by atoms with Gasteiger partial charge < -0.3 is 15.3 Å². The lowest BCUT2D eigenvalue weighted by Gasteiger charge is -2.40. The molecule has 3 aliphatic heterocycles. The van der Waals surface area contributed by atoms with E-state index in [-0.39, 0.29) is 81.3 Å². The van der Waals surface area contributed by atoms with Crippen molar-refractivity contribution in [3.8, 4) is 0 Å². The number of carbonyl (C=O) groups is 2. The summed E-state index contributed by atoms with van der Waals surface area (Å²) in [6.07, 6.45) is 1.65. The molecule has 0 bridgehead atoms. The number of amides is 2. The fourth-order valence-corrected chi connectivity index (χ4v) is 7.84. The second kappa shape index (κ2) is 11.1. The van der Waals surface area contributed by atoms with Gasteiger partial charge in [-0.15, -0.1) is 0 Å². The first-order chi connectivity index (χ1) is 21.5. The van der Waals surface area contributed by atoms with Crippen LogP contribution in [0.3, 0.4) is 0 Å². The number of rotatable bonds is 7. The molecule has 0 atom stereocenters. The Hall–Kier alpha value is -3.41. The third-order valence-electron chi connectivity index (χ3n) is 8.94. The van der Waals surface area contributed by atoms with Crippen molar-refractivity contribution in [1.82, 2.24) is 14.5 Å². The molecule has 3 heterocycles. The van der Waals surface area contributed by atoms with E-state index in [9.17, 15) is 46.9 Å². The van der Waals surface area contributed by atoms with Gasteiger partial charge in [0, 0.05) is 42.7 Å². The second-order valence-electron chi connectivity index (χ2n) is 12.4. The van der Waals surface area contributed by atoms with Crippen molar-refractivity contribution in [2.75, 3.05) is 32.9 Å². The lowest BCUT2D eigenvalue weighted by Crippen LogP contribution is -2.50. The van der Waals surface area contributed by atoms with E-state index < -0.39 is 48.9 Å². The molecule has 47 heavy (non-hydrogen) atoms. The molecule has 1 spiro atoms. The predicted molar refractivity (Wildman–Crippen MR) is 166 cm³/mol. The number of piperidine rings is 2. The Balaban J connectivity index is 1.25. The van der Waals surface area contributed by atoms with Crippen LogP contribution in [0.4, 0.5) is 23.8 Å². The third kappa shape index (κ3) is 7.22. The summed E-state index contributed by atoms with van der Waals surface area (Å²) in [5.41, 5.74) is -0.517. The molecule has 2 aromatic carbocycles. The van der Waals surface area contributed by atoms with Gasteiger partial charge in [-0.3, -0.25) is 14.6 Å². The van der Waals surface area contributed by atoms with Crippen molar-refractivity contribution in [1.29, 1.82) is 0 Å². The molecule has 2 N–H and O–H groups in total. The number of nitrogens with zero attached hydrogens (tertiary/aromatic N) is 3. The summed E-state index contributed by atoms with van der Waals surface area (Å²) in [4.78, 5) is 29.8. The van der Waals surface area contributed by atoms with Crippen LogP contribution in [0.2, 0.25) is 0 Å². The minimum absolute atomic E-state index is 0.00261. The first-order valence-electron chi connectivity index (χ1n) is 14.7. The Morgan fingerprint density at radius 2 is 1.53 bits per heavy atom. The average molecular weight is 709 g/mol. The molecule has 0 aliphatic carbocycles. The van der Waals surface area contributed by atoms with Gasteiger partial charge in [0.2, 0.25) is 10.0 Å². The maximum atomic E-state index is 13.2. The SMILES string of the molecule is Cc1cc(C(=O)N2CCC(O)(CF)CC2)cc(C)c1C=CS(=O)(=O)N1CCC2(CC1)N=C(c1ccc(S(F)(F)(F)(F)F)cc1)NC2=O. The van der Waals surface area contributed by atoms with Crippen molar-refractivity contribution in [2.45, 2.75) is 55.6 Å². The minimum atomic E-state index is -9.87. The minimum Gasteiger partial charge on any atom is -0.387 e. The molecule has 2 aromatic rings. The summed E-state index contributed by atoms with van der Waals surface area (Å²) in [5, 5.41) is 13.6. The van der Waals surface area contributed by atoms with Crippen molar-refractivity contribution >= 4 is 44.0 Å². The summed E-state index contributed by atoms with van der Waals surface area (Å²) in [6, 6.07) is 5.34. The number of nitrogens with one attached hydrogen (secondary N) is 1. The molecule has 258 valence electrons. The highest BCUT2D eigenvalue weighted by Crippen LogP contribution is 3.02. The van der Waals surface area contributed by atoms with E-state index in [0.717, 1.165) is 17.5 Å². The molecule has 0 radical (unpaired) electrons. The Bertz CT molecular complexity index is 1760. The number of halogens is 6. The summed E-state index contributed by atoms with van der Waals surface area (Å²) in [6.45, 7) is 2.84. The molecule has 5 rings (SSSR count). The Kier molecular flexibility index (Phi) is 8.22. The molecule has 3 aliphatic rings. The highest BCUT2D eigenvalue weighted by molar-refractivity contribution is 8.45. The van der Waals surface area contributed by atoms with Gasteiger partial charge in [0.25, 0.3) is 11.8 Å². The van der Waals surface area contributed by atoms with Crippen LogP contribution in [-0.4, -0.2) is 84.4 Å². The van der Waals surface area contributed by atoms with Crippen LogP contribution in [0.15, 0.2) is 51.7 Å². The summed E-state index contributed by atoms with van der Waals surface area (Å²) in [7, 11) is -13.8. The lowest BCUT2D eigenvalue weighted by atomic mass is 9.89. The number of likely N-dealkylation sites (tertiary alicyclic amines) is 1. The number of alkyl halides is 1. The Morgan fingerprint density at radius 1 is 0.979 bits per heavy atom. The van der Waals surface area contributed by atoms with Gasteiger partial charge in [0.1, 0.15) is 22.9 Å². The van der Waals surface area contributed by atoms with Crippen LogP contribution in [0.25, 0.3) is 6.08 Å². The molecular formula is C30H34F6N4O5S2. The van der Waals surface area contributed by atoms with Gasteiger partial charge in [0.05, 0.1) is 5.60 Å². The van der Waals surface area contributed by atoms with Crippen LogP contribution in [0, 0.1) is 13.8 Å². The third-order valence-corrected chi connectivity index (χ3v) is 11.7. The molecule has 2 saturated heterocycles. The normalized spacial score (nSPS) is 21.8. The predicted octanol–water partition coefficient (Wildman–Crippen LogP) is 5.61. The number of benzene rings is 2. The molecule has 0 unspecified atom stereocenters. The topological polar surface area (TPSA) is 119 Å². The highest BCUT2D eigenvalue weighted by atomic mass is 32.5. The van der Waals surface area contributed by atoms with Crippen LogP contribution in [-0.2, 0) is 14.8 Å². The van der Waals surface area contributed by atoms with Gasteiger partial charge in [-0.2, -0.15) is 4.31 Å². The maximum absolute atomic E-state index is 13.2. The zero-order chi connectivity index (χ0) is 34.7. The fraction of sp³-hybridized carbons (Fsp3) is 0.433. The first kappa shape index (κ1) is 34.9. The average Bonchev–Trinajstić information content (AvgIpc) is 3.30. The van der Waals surface area contributed by atoms with Crippen LogP contribution >= 0.6 is 10.2 Å². The van der Waals surface area contributed by atoms with Gasteiger partial charge in [-0.25, -0.2) is 12.8 Å². The van der Waals surface area contributed by atoms with Gasteiger partial charge >= 0.3 is 10.2 Å². The van der Waals surface area contributed by atoms with Gasteiger partial charge in [-0.1, -0.05) is 19.4 Å². The molecule has 0 aromatic heterocycles. The fourth-order valence-electron chi connectivity index (χ4n) is 6.02. The molecular weight excluding hydrogens is 674 g/mol. The van der Waals surface area contributed by atoms with Crippen molar-refractivity contribution < 1.29 is 46.9 Å². The molecule has 9 nitrogen and oxygen atoms in total. The van der Waals surface area contributed by atoms with Crippen LogP contribution < -0.4 is 5.32 Å². The van der Waals surface area contributed by atoms with Gasteiger partial charge in [0.15, 0.2) is 0 Å². The van der Waals surface area contributed by atoms with E-state index in [0.29, 0.717) is 22.3 Å². The van der Waals surface area contributed by atoms with Crippen molar-refractivity contribution in [3.05, 3.63) is 69.6 Å². The molecule has 2 fully saturated rings. The number of aliphatic hydroxyl groups is 1. The Labute approximate surface area is 268 Å². The highest BCUT2D eigenvalue weighted by Gasteiger charge is 2.65. The maximum Gasteiger partial charge on any atom is 0.310 e. The van der Waals surface area contributed by atoms with E-state index in [1.165, 1.54) is 10.4 Å². The van der Waals surface area contributed by atoms with Gasteiger partial charge in [-0.05, 0) is 98.7 Å². The lowest BCUT2D eigenvalue weighted by molar-refractivity contribution is -0.124. The largest absolute Gasteiger partial charge is 0.387 e. The number of aliphatic imine (C=N–C) groups is 1. The van der Waals surface area contributed by atoms with Crippen LogP contribution in [0.1, 0.15) is 58.3 Å². The summed E-state index contributed by atoms with van der Waals surface area (Å²) in [5.74, 6) is -0.930. The zero-order valence-corrected chi connectivity index (χ0v) is 27.1. The van der Waals surface area contributed by atoms with Crippen molar-refractivity contribution in [3.63, 3.8) is 0 Å². The number of hydrogen-bond acceptors (Lipinski definition) is 6. The van der Waals surface area contributed by atoms with Crippen molar-refractivity contribution in [2.24, 2.45) is 4.99 Å². The van der Waals surface area contributed by atoms with E-state index in [1.807, 2.05) is 0 Å². The number of aryl methyl sites for hydroxylation is 2. The number of sulfonamides is 1. The monoisotopic (exact) mass is 708 g/mol. The molecule has 2 amide bonds. The molecule has 17 heteroatoms. The van der Waals surface area contributed by atoms with E-state index in [4.69, 9.17) is 0 Å². The zero-order valence-electron chi connectivity index (χ0n) is 25.5. The quantitative estimate of drug-likeness (QED) is 0.363. The number of carbonyl (C=O) groups excluding carboxylic acids is 2. The van der Waals surface area contributed by atoms with E-state index >= 15 is 0 Å². The standard InChI is InChI=1S/C30H34F6N4O5S2/c1-20-17-23(27(41)39-12-8-29(43,19-31)9-13-39)18-21(2)25(20)7-16-46(44,45)40-14-10-30(11-15-40)28(42)37-26(38-30)22-3-5-24(6-4-22)47(32,33,34,35)36/h3-7,16-18,43H,8-15,19H2,1-2H3,(H,37,38,42). The summed E-state index contributed by atoms with van der Waals surface area (Å²) < 4.78 is 106.